The molecule has 2 aromatic heterocycles. The maximum Gasteiger partial charge on any atom is 0.291 e. The number of benzene rings is 1. The van der Waals surface area contributed by atoms with Crippen LogP contribution in [0.15, 0.2) is 60.0 Å². The lowest BCUT2D eigenvalue weighted by Crippen LogP contribution is -2.00. The number of alkyl halides is 2. The number of hydrogen-bond donors (Lipinski definition) is 0. The lowest BCUT2D eigenvalue weighted by atomic mass is 10.2. The van der Waals surface area contributed by atoms with Crippen LogP contribution in [0.2, 0.25) is 0 Å². The molecular formula is C14H10F2N4S. The van der Waals surface area contributed by atoms with Crippen molar-refractivity contribution in [2.75, 3.05) is 0 Å². The Kier molecular flexibility index (Phi) is 3.92. The highest BCUT2D eigenvalue weighted by atomic mass is 32.2. The normalized spacial score (nSPS) is 11.0. The number of halogens is 2. The van der Waals surface area contributed by atoms with E-state index in [-0.39, 0.29) is 5.16 Å². The molecule has 0 atom stereocenters. The molecule has 3 aromatic rings. The van der Waals surface area contributed by atoms with Gasteiger partial charge in [0.15, 0.2) is 5.82 Å². The van der Waals surface area contributed by atoms with Gasteiger partial charge in [0.05, 0.1) is 0 Å². The zero-order chi connectivity index (χ0) is 14.7. The minimum Gasteiger partial charge on any atom is -0.270 e. The van der Waals surface area contributed by atoms with Gasteiger partial charge in [0.2, 0.25) is 5.16 Å². The summed E-state index contributed by atoms with van der Waals surface area (Å²) in [5, 5.41) is 8.09. The molecule has 0 aliphatic rings. The maximum absolute atomic E-state index is 12.7. The number of hydrogen-bond acceptors (Lipinski definition) is 4. The van der Waals surface area contributed by atoms with Crippen molar-refractivity contribution in [1.29, 1.82) is 0 Å². The first-order valence-electron chi connectivity index (χ1n) is 6.12. The fraction of sp³-hybridized carbons (Fsp3) is 0.0714. The van der Waals surface area contributed by atoms with Crippen molar-refractivity contribution in [2.45, 2.75) is 10.9 Å². The van der Waals surface area contributed by atoms with E-state index in [1.165, 1.54) is 0 Å². The molecule has 0 N–H and O–H groups in total. The Hall–Kier alpha value is -2.28. The van der Waals surface area contributed by atoms with Gasteiger partial charge in [-0.05, 0) is 36.0 Å². The summed E-state index contributed by atoms with van der Waals surface area (Å²) in [6.45, 7) is 0. The molecular weight excluding hydrogens is 294 g/mol. The summed E-state index contributed by atoms with van der Waals surface area (Å²) >= 11 is 0.376. The third-order valence-corrected chi connectivity index (χ3v) is 3.43. The Balaban J connectivity index is 2.15. The molecule has 0 unspecified atom stereocenters. The number of aromatic nitrogens is 4. The number of rotatable bonds is 4. The fourth-order valence-electron chi connectivity index (χ4n) is 1.92. The molecule has 0 aliphatic carbocycles. The molecule has 4 nitrogen and oxygen atoms in total. The Morgan fingerprint density at radius 1 is 0.952 bits per heavy atom. The van der Waals surface area contributed by atoms with Crippen LogP contribution in [0.25, 0.3) is 17.1 Å². The standard InChI is InChI=1S/C14H10F2N4S/c15-13(16)21-14-19-18-12(10-6-8-17-9-7-10)20(14)11-4-2-1-3-5-11/h1-9,13H. The van der Waals surface area contributed by atoms with Gasteiger partial charge in [0.25, 0.3) is 5.76 Å². The van der Waals surface area contributed by atoms with Crippen molar-refractivity contribution in [2.24, 2.45) is 0 Å². The van der Waals surface area contributed by atoms with Crippen LogP contribution in [0.4, 0.5) is 8.78 Å². The van der Waals surface area contributed by atoms with E-state index in [1.807, 2.05) is 30.3 Å². The Bertz CT molecular complexity index is 716. The molecule has 0 aliphatic heterocycles. The molecule has 0 bridgehead atoms. The first kappa shape index (κ1) is 13.7. The van der Waals surface area contributed by atoms with E-state index in [2.05, 4.69) is 15.2 Å². The highest BCUT2D eigenvalue weighted by Gasteiger charge is 2.19. The summed E-state index contributed by atoms with van der Waals surface area (Å²) in [5.74, 6) is -2.05. The second kappa shape index (κ2) is 6.01. The summed E-state index contributed by atoms with van der Waals surface area (Å²) in [7, 11) is 0. The first-order valence-corrected chi connectivity index (χ1v) is 7.00. The van der Waals surface area contributed by atoms with Crippen molar-refractivity contribution in [3.63, 3.8) is 0 Å². The quantitative estimate of drug-likeness (QED) is 0.690. The van der Waals surface area contributed by atoms with E-state index in [9.17, 15) is 8.78 Å². The van der Waals surface area contributed by atoms with Gasteiger partial charge in [-0.3, -0.25) is 9.55 Å². The van der Waals surface area contributed by atoms with Crippen LogP contribution in [-0.4, -0.2) is 25.5 Å². The predicted molar refractivity (Wildman–Crippen MR) is 76.5 cm³/mol. The summed E-state index contributed by atoms with van der Waals surface area (Å²) in [4.78, 5) is 3.95. The molecule has 106 valence electrons. The van der Waals surface area contributed by atoms with Gasteiger partial charge in [-0.1, -0.05) is 18.2 Å². The second-order valence-corrected chi connectivity index (χ2v) is 5.05. The molecule has 0 saturated heterocycles. The third-order valence-electron chi connectivity index (χ3n) is 2.78. The van der Waals surface area contributed by atoms with Gasteiger partial charge in [0, 0.05) is 23.6 Å². The van der Waals surface area contributed by atoms with Crippen LogP contribution >= 0.6 is 11.8 Å². The largest absolute Gasteiger partial charge is 0.291 e. The van der Waals surface area contributed by atoms with Crippen molar-refractivity contribution in [3.05, 3.63) is 54.9 Å². The summed E-state index contributed by atoms with van der Waals surface area (Å²) in [6, 6.07) is 12.7. The summed E-state index contributed by atoms with van der Waals surface area (Å²) < 4.78 is 27.0. The van der Waals surface area contributed by atoms with Gasteiger partial charge in [-0.15, -0.1) is 10.2 Å². The van der Waals surface area contributed by atoms with Crippen LogP contribution in [0.3, 0.4) is 0 Å². The molecule has 0 spiro atoms. The van der Waals surface area contributed by atoms with Crippen LogP contribution < -0.4 is 0 Å². The van der Waals surface area contributed by atoms with E-state index in [4.69, 9.17) is 0 Å². The van der Waals surface area contributed by atoms with E-state index in [0.29, 0.717) is 17.6 Å². The number of para-hydroxylation sites is 1. The Labute approximate surface area is 123 Å². The molecule has 1 aromatic carbocycles. The average Bonchev–Trinajstić information content (AvgIpc) is 2.92. The molecule has 0 radical (unpaired) electrons. The van der Waals surface area contributed by atoms with Crippen LogP contribution in [0.5, 0.6) is 0 Å². The van der Waals surface area contributed by atoms with Gasteiger partial charge in [-0.2, -0.15) is 8.78 Å². The first-order chi connectivity index (χ1) is 10.3. The Morgan fingerprint density at radius 3 is 2.33 bits per heavy atom. The highest BCUT2D eigenvalue weighted by molar-refractivity contribution is 7.99. The molecule has 0 amide bonds. The van der Waals surface area contributed by atoms with E-state index in [1.54, 1.807) is 29.1 Å². The lowest BCUT2D eigenvalue weighted by Gasteiger charge is -2.09. The van der Waals surface area contributed by atoms with Crippen LogP contribution in [0.1, 0.15) is 0 Å². The molecule has 0 fully saturated rings. The molecule has 2 heterocycles. The lowest BCUT2D eigenvalue weighted by molar-refractivity contribution is 0.251. The fourth-order valence-corrected chi connectivity index (χ4v) is 2.47. The predicted octanol–water partition coefficient (Wildman–Crippen LogP) is 3.64. The second-order valence-electron chi connectivity index (χ2n) is 4.09. The number of thioether (sulfide) groups is 1. The van der Waals surface area contributed by atoms with Gasteiger partial charge in [-0.25, -0.2) is 0 Å². The SMILES string of the molecule is FC(F)Sc1nnc(-c2ccncc2)n1-c1ccccc1. The highest BCUT2D eigenvalue weighted by Crippen LogP contribution is 2.30. The zero-order valence-corrected chi connectivity index (χ0v) is 11.5. The van der Waals surface area contributed by atoms with Gasteiger partial charge in [0.1, 0.15) is 0 Å². The zero-order valence-electron chi connectivity index (χ0n) is 10.7. The smallest absolute Gasteiger partial charge is 0.270 e. The topological polar surface area (TPSA) is 43.6 Å². The average molecular weight is 304 g/mol. The summed E-state index contributed by atoms with van der Waals surface area (Å²) in [6.07, 6.45) is 3.25. The molecule has 21 heavy (non-hydrogen) atoms. The van der Waals surface area contributed by atoms with Gasteiger partial charge < -0.3 is 0 Å². The molecule has 3 rings (SSSR count). The third kappa shape index (κ3) is 2.92. The van der Waals surface area contributed by atoms with Crippen molar-refractivity contribution < 1.29 is 8.78 Å². The van der Waals surface area contributed by atoms with Crippen LogP contribution in [0, 0.1) is 0 Å². The molecule has 0 saturated carbocycles. The number of nitrogens with zero attached hydrogens (tertiary/aromatic N) is 4. The van der Waals surface area contributed by atoms with Crippen molar-refractivity contribution in [3.8, 4) is 17.1 Å². The monoisotopic (exact) mass is 304 g/mol. The molecule has 7 heteroatoms. The Morgan fingerprint density at radius 2 is 1.67 bits per heavy atom. The number of pyridine rings is 1. The van der Waals surface area contributed by atoms with Crippen LogP contribution in [-0.2, 0) is 0 Å². The van der Waals surface area contributed by atoms with Gasteiger partial charge >= 0.3 is 0 Å². The van der Waals surface area contributed by atoms with E-state index >= 15 is 0 Å². The minimum absolute atomic E-state index is 0.156. The van der Waals surface area contributed by atoms with Crippen molar-refractivity contribution in [1.82, 2.24) is 19.7 Å². The maximum atomic E-state index is 12.7. The summed E-state index contributed by atoms with van der Waals surface area (Å²) in [5.41, 5.74) is 1.50. The van der Waals surface area contributed by atoms with E-state index < -0.39 is 5.76 Å². The van der Waals surface area contributed by atoms with Crippen molar-refractivity contribution >= 4 is 11.8 Å². The minimum atomic E-state index is -2.55. The van der Waals surface area contributed by atoms with E-state index in [0.717, 1.165) is 11.3 Å².